The number of aromatic nitrogens is 3. The zero-order valence-corrected chi connectivity index (χ0v) is 21.9. The topological polar surface area (TPSA) is 76.4 Å². The van der Waals surface area contributed by atoms with Crippen LogP contribution in [0.1, 0.15) is 35.6 Å². The van der Waals surface area contributed by atoms with Gasteiger partial charge in [-0.1, -0.05) is 42.5 Å². The molecule has 0 radical (unpaired) electrons. The molecule has 0 spiro atoms. The van der Waals surface area contributed by atoms with Crippen molar-refractivity contribution < 1.29 is 4.74 Å². The number of guanidine groups is 1. The van der Waals surface area contributed by atoms with Crippen LogP contribution in [0.5, 0.6) is 5.75 Å². The lowest BCUT2D eigenvalue weighted by atomic mass is 9.96. The Kier molecular flexibility index (Phi) is 8.71. The van der Waals surface area contributed by atoms with E-state index in [1.165, 1.54) is 24.0 Å². The molecule has 0 atom stereocenters. The van der Waals surface area contributed by atoms with Gasteiger partial charge in [0.1, 0.15) is 18.1 Å². The molecule has 1 aliphatic rings. The van der Waals surface area contributed by atoms with Gasteiger partial charge in [0.05, 0.1) is 7.11 Å². The minimum atomic E-state index is 0. The van der Waals surface area contributed by atoms with Crippen molar-refractivity contribution in [1.82, 2.24) is 25.4 Å². The number of methoxy groups -OCH3 is 1. The third kappa shape index (κ3) is 6.46. The van der Waals surface area contributed by atoms with Gasteiger partial charge in [0, 0.05) is 25.6 Å². The number of hydrogen-bond donors (Lipinski definition) is 2. The van der Waals surface area contributed by atoms with Gasteiger partial charge in [-0.15, -0.1) is 34.2 Å². The van der Waals surface area contributed by atoms with Crippen molar-refractivity contribution in [3.63, 3.8) is 0 Å². The van der Waals surface area contributed by atoms with Crippen molar-refractivity contribution in [3.8, 4) is 5.75 Å². The van der Waals surface area contributed by atoms with Gasteiger partial charge in [-0.3, -0.25) is 0 Å². The number of halogens is 1. The first-order valence-electron chi connectivity index (χ1n) is 11.2. The molecule has 0 amide bonds. The van der Waals surface area contributed by atoms with Gasteiger partial charge in [0.15, 0.2) is 11.8 Å². The van der Waals surface area contributed by atoms with Crippen molar-refractivity contribution in [3.05, 3.63) is 77.4 Å². The van der Waals surface area contributed by atoms with E-state index in [2.05, 4.69) is 63.3 Å². The van der Waals surface area contributed by atoms with Gasteiger partial charge >= 0.3 is 0 Å². The Morgan fingerprint density at radius 3 is 2.39 bits per heavy atom. The second kappa shape index (κ2) is 11.5. The highest BCUT2D eigenvalue weighted by Gasteiger charge is 2.44. The Bertz CT molecular complexity index is 1040. The molecule has 0 saturated heterocycles. The van der Waals surface area contributed by atoms with Gasteiger partial charge in [0.2, 0.25) is 0 Å². The van der Waals surface area contributed by atoms with E-state index in [4.69, 9.17) is 9.73 Å². The van der Waals surface area contributed by atoms with Crippen molar-refractivity contribution >= 4 is 29.9 Å². The van der Waals surface area contributed by atoms with E-state index in [-0.39, 0.29) is 29.4 Å². The van der Waals surface area contributed by atoms with Crippen LogP contribution in [-0.2, 0) is 25.4 Å². The van der Waals surface area contributed by atoms with Crippen LogP contribution in [0.2, 0.25) is 0 Å². The van der Waals surface area contributed by atoms with Crippen LogP contribution in [0.4, 0.5) is 0 Å². The molecule has 7 nitrogen and oxygen atoms in total. The molecule has 4 rings (SSSR count). The Hall–Kier alpha value is -2.62. The molecule has 0 bridgehead atoms. The van der Waals surface area contributed by atoms with Crippen molar-refractivity contribution in [1.29, 1.82) is 0 Å². The van der Waals surface area contributed by atoms with E-state index < -0.39 is 0 Å². The quantitative estimate of drug-likeness (QED) is 0.237. The zero-order chi connectivity index (χ0) is 22.4. The van der Waals surface area contributed by atoms with Gasteiger partial charge in [0.25, 0.3) is 0 Å². The van der Waals surface area contributed by atoms with Crippen molar-refractivity contribution in [2.75, 3.05) is 20.2 Å². The minimum absolute atomic E-state index is 0. The summed E-state index contributed by atoms with van der Waals surface area (Å²) in [4.78, 5) is 4.80. The first-order valence-corrected chi connectivity index (χ1v) is 11.2. The Morgan fingerprint density at radius 1 is 1.06 bits per heavy atom. The Balaban J connectivity index is 0.00000306. The molecule has 0 aliphatic heterocycles. The van der Waals surface area contributed by atoms with Crippen molar-refractivity contribution in [2.45, 2.75) is 38.1 Å². The number of aliphatic imine (C=N–C) groups is 1. The molecule has 33 heavy (non-hydrogen) atoms. The summed E-state index contributed by atoms with van der Waals surface area (Å²) in [6.45, 7) is 4.08. The van der Waals surface area contributed by atoms with Gasteiger partial charge in [-0.2, -0.15) is 0 Å². The Morgan fingerprint density at radius 2 is 1.79 bits per heavy atom. The summed E-state index contributed by atoms with van der Waals surface area (Å²) in [5.74, 6) is 3.42. The summed E-state index contributed by atoms with van der Waals surface area (Å²) in [6, 6.07) is 19.0. The molecular weight excluding hydrogens is 527 g/mol. The first-order chi connectivity index (χ1) is 15.6. The largest absolute Gasteiger partial charge is 0.497 e. The third-order valence-corrected chi connectivity index (χ3v) is 6.26. The van der Waals surface area contributed by atoms with Crippen LogP contribution in [0.3, 0.4) is 0 Å². The molecule has 2 aromatic carbocycles. The van der Waals surface area contributed by atoms with E-state index in [0.29, 0.717) is 6.54 Å². The molecule has 1 aliphatic carbocycles. The van der Waals surface area contributed by atoms with Crippen LogP contribution in [0, 0.1) is 6.92 Å². The second-order valence-electron chi connectivity index (χ2n) is 8.41. The summed E-state index contributed by atoms with van der Waals surface area (Å²) in [5.41, 5.74) is 2.86. The van der Waals surface area contributed by atoms with Crippen LogP contribution in [0.25, 0.3) is 0 Å². The van der Waals surface area contributed by atoms with Gasteiger partial charge in [-0.25, -0.2) is 4.99 Å². The van der Waals surface area contributed by atoms with E-state index in [9.17, 15) is 0 Å². The lowest BCUT2D eigenvalue weighted by Gasteiger charge is -2.19. The predicted octanol–water partition coefficient (Wildman–Crippen LogP) is 3.76. The normalized spacial score (nSPS) is 14.3. The smallest absolute Gasteiger partial charge is 0.191 e. The minimum Gasteiger partial charge on any atom is -0.497 e. The molecular formula is C25H33IN6O. The first kappa shape index (κ1) is 25.0. The number of aryl methyl sites for hydroxylation is 1. The number of rotatable bonds is 9. The summed E-state index contributed by atoms with van der Waals surface area (Å²) in [5, 5.41) is 15.5. The van der Waals surface area contributed by atoms with Gasteiger partial charge < -0.3 is 19.9 Å². The second-order valence-corrected chi connectivity index (χ2v) is 8.41. The van der Waals surface area contributed by atoms with Crippen LogP contribution in [0.15, 0.2) is 59.6 Å². The highest BCUT2D eigenvalue weighted by atomic mass is 127. The van der Waals surface area contributed by atoms with Crippen LogP contribution in [-0.4, -0.2) is 40.9 Å². The molecule has 8 heteroatoms. The number of ether oxygens (including phenoxy) is 1. The van der Waals surface area contributed by atoms with Crippen molar-refractivity contribution in [2.24, 2.45) is 12.0 Å². The lowest BCUT2D eigenvalue weighted by molar-refractivity contribution is 0.414. The lowest BCUT2D eigenvalue weighted by Crippen LogP contribution is -2.42. The fourth-order valence-corrected chi connectivity index (χ4v) is 3.79. The van der Waals surface area contributed by atoms with E-state index >= 15 is 0 Å². The fraction of sp³-hybridized carbons (Fsp3) is 0.400. The average molecular weight is 560 g/mol. The molecule has 2 N–H and O–H groups in total. The maximum absolute atomic E-state index is 5.25. The summed E-state index contributed by atoms with van der Waals surface area (Å²) in [6.07, 6.45) is 3.30. The summed E-state index contributed by atoms with van der Waals surface area (Å²) in [7, 11) is 3.66. The molecule has 1 fully saturated rings. The number of benzene rings is 2. The van der Waals surface area contributed by atoms with Gasteiger partial charge in [-0.05, 0) is 49.4 Å². The maximum atomic E-state index is 5.25. The monoisotopic (exact) mass is 560 g/mol. The molecule has 1 saturated carbocycles. The molecule has 0 unspecified atom stereocenters. The number of hydrogen-bond acceptors (Lipinski definition) is 4. The van der Waals surface area contributed by atoms with E-state index in [0.717, 1.165) is 42.9 Å². The standard InChI is InChI=1S/C25H32N6O.HI/c1-19-29-30-23(31(19)2)17-27-24(26-16-13-20-9-11-22(32-3)12-10-20)28-18-25(14-15-25)21-7-5-4-6-8-21;/h4-12H,13-18H2,1-3H3,(H2,26,27,28);1H. The molecule has 1 aromatic heterocycles. The number of nitrogens with zero attached hydrogens (tertiary/aromatic N) is 4. The summed E-state index contributed by atoms with van der Waals surface area (Å²) < 4.78 is 7.22. The zero-order valence-electron chi connectivity index (χ0n) is 19.5. The number of nitrogens with one attached hydrogen (secondary N) is 2. The molecule has 3 aromatic rings. The van der Waals surface area contributed by atoms with E-state index in [1.54, 1.807) is 7.11 Å². The van der Waals surface area contributed by atoms with Crippen LogP contribution >= 0.6 is 24.0 Å². The Labute approximate surface area is 213 Å². The highest BCUT2D eigenvalue weighted by molar-refractivity contribution is 14.0. The maximum Gasteiger partial charge on any atom is 0.191 e. The summed E-state index contributed by atoms with van der Waals surface area (Å²) >= 11 is 0. The predicted molar refractivity (Wildman–Crippen MR) is 142 cm³/mol. The molecule has 1 heterocycles. The van der Waals surface area contributed by atoms with Crippen LogP contribution < -0.4 is 15.4 Å². The SMILES string of the molecule is COc1ccc(CCNC(=NCc2nnc(C)n2C)NCC2(c3ccccc3)CC2)cc1.I. The highest BCUT2D eigenvalue weighted by Crippen LogP contribution is 2.47. The average Bonchev–Trinajstić information content (AvgIpc) is 3.57. The van der Waals surface area contributed by atoms with E-state index in [1.807, 2.05) is 30.7 Å². The third-order valence-electron chi connectivity index (χ3n) is 6.26. The fourth-order valence-electron chi connectivity index (χ4n) is 3.79. The molecule has 176 valence electrons.